The molecule has 0 aliphatic rings. The molecule has 0 fully saturated rings. The van der Waals surface area contributed by atoms with Crippen molar-refractivity contribution in [1.82, 2.24) is 0 Å². The van der Waals surface area contributed by atoms with Crippen LogP contribution in [-0.4, -0.2) is 6.18 Å². The lowest BCUT2D eigenvalue weighted by molar-refractivity contribution is -0.0910. The van der Waals surface area contributed by atoms with E-state index in [1.54, 1.807) is 0 Å². The van der Waals surface area contributed by atoms with Crippen molar-refractivity contribution in [3.8, 4) is 0 Å². The average molecular weight is 180 g/mol. The minimum Gasteiger partial charge on any atom is -0.207 e. The molecule has 4 heteroatoms. The monoisotopic (exact) mass is 180 g/mol. The Labute approximate surface area is 67.9 Å². The molecule has 0 heterocycles. The van der Waals surface area contributed by atoms with Crippen LogP contribution < -0.4 is 0 Å². The number of rotatable bonds is 2. The number of allylic oxidation sites excluding steroid dienone is 5. The van der Waals surface area contributed by atoms with Gasteiger partial charge in [0.15, 0.2) is 0 Å². The van der Waals surface area contributed by atoms with Gasteiger partial charge in [-0.1, -0.05) is 18.7 Å². The fourth-order valence-electron chi connectivity index (χ4n) is 0.583. The van der Waals surface area contributed by atoms with Crippen LogP contribution in [-0.2, 0) is 0 Å². The van der Waals surface area contributed by atoms with Gasteiger partial charge in [-0.25, -0.2) is 4.39 Å². The largest absolute Gasteiger partial charge is 0.419 e. The zero-order chi connectivity index (χ0) is 9.78. The molecule has 0 aromatic rings. The molecule has 12 heavy (non-hydrogen) atoms. The Kier molecular flexibility index (Phi) is 3.73. The average Bonchev–Trinajstić information content (AvgIpc) is 1.96. The molecule has 0 aliphatic carbocycles. The van der Waals surface area contributed by atoms with Gasteiger partial charge in [0, 0.05) is 0 Å². The van der Waals surface area contributed by atoms with E-state index in [0.29, 0.717) is 6.08 Å². The van der Waals surface area contributed by atoms with E-state index in [2.05, 4.69) is 6.58 Å². The Bertz CT molecular complexity index is 220. The van der Waals surface area contributed by atoms with Crippen molar-refractivity contribution in [2.75, 3.05) is 0 Å². The summed E-state index contributed by atoms with van der Waals surface area (Å²) in [5.74, 6) is -1.29. The minimum absolute atomic E-state index is 0.593. The maximum absolute atomic E-state index is 12.5. The lowest BCUT2D eigenvalue weighted by Crippen LogP contribution is -2.12. The lowest BCUT2D eigenvalue weighted by Gasteiger charge is -2.07. The van der Waals surface area contributed by atoms with Crippen molar-refractivity contribution >= 4 is 0 Å². The van der Waals surface area contributed by atoms with Crippen molar-refractivity contribution in [2.24, 2.45) is 0 Å². The number of halogens is 4. The van der Waals surface area contributed by atoms with E-state index in [0.717, 1.165) is 12.2 Å². The summed E-state index contributed by atoms with van der Waals surface area (Å²) in [7, 11) is 0. The zero-order valence-electron chi connectivity index (χ0n) is 6.45. The van der Waals surface area contributed by atoms with E-state index in [9.17, 15) is 17.6 Å². The Morgan fingerprint density at radius 1 is 1.33 bits per heavy atom. The van der Waals surface area contributed by atoms with Crippen LogP contribution in [0.1, 0.15) is 6.92 Å². The van der Waals surface area contributed by atoms with Gasteiger partial charge < -0.3 is 0 Å². The van der Waals surface area contributed by atoms with Crippen LogP contribution >= 0.6 is 0 Å². The SMILES string of the molecule is C=CC=C(C(F)=CC)C(F)(F)F. The predicted molar refractivity (Wildman–Crippen MR) is 39.2 cm³/mol. The molecule has 68 valence electrons. The molecule has 0 N–H and O–H groups in total. The van der Waals surface area contributed by atoms with Crippen LogP contribution in [0.4, 0.5) is 17.6 Å². The van der Waals surface area contributed by atoms with Crippen molar-refractivity contribution in [2.45, 2.75) is 13.1 Å². The normalized spacial score (nSPS) is 14.8. The molecule has 0 nitrogen and oxygen atoms in total. The highest BCUT2D eigenvalue weighted by Crippen LogP contribution is 2.31. The molecular formula is C8H8F4. The quantitative estimate of drug-likeness (QED) is 0.450. The Morgan fingerprint density at radius 2 is 1.83 bits per heavy atom. The smallest absolute Gasteiger partial charge is 0.207 e. The van der Waals surface area contributed by atoms with Crippen LogP contribution in [0.15, 0.2) is 36.2 Å². The Balaban J connectivity index is 4.95. The van der Waals surface area contributed by atoms with Gasteiger partial charge >= 0.3 is 6.18 Å². The first-order valence-corrected chi connectivity index (χ1v) is 3.15. The molecule has 0 aromatic carbocycles. The Morgan fingerprint density at radius 3 is 2.08 bits per heavy atom. The molecule has 0 aromatic heterocycles. The van der Waals surface area contributed by atoms with Gasteiger partial charge in [-0.3, -0.25) is 0 Å². The van der Waals surface area contributed by atoms with Crippen molar-refractivity contribution in [3.63, 3.8) is 0 Å². The number of alkyl halides is 3. The minimum atomic E-state index is -4.66. The molecule has 0 aliphatic heterocycles. The van der Waals surface area contributed by atoms with Crippen molar-refractivity contribution in [1.29, 1.82) is 0 Å². The maximum atomic E-state index is 12.5. The van der Waals surface area contributed by atoms with Gasteiger partial charge in [-0.2, -0.15) is 13.2 Å². The first-order valence-electron chi connectivity index (χ1n) is 3.15. The van der Waals surface area contributed by atoms with Gasteiger partial charge in [-0.05, 0) is 13.0 Å². The summed E-state index contributed by atoms with van der Waals surface area (Å²) in [6.45, 7) is 4.25. The Hall–Kier alpha value is -1.06. The zero-order valence-corrected chi connectivity index (χ0v) is 6.45. The van der Waals surface area contributed by atoms with E-state index in [1.165, 1.54) is 6.92 Å². The summed E-state index contributed by atoms with van der Waals surface area (Å²) in [4.78, 5) is 0. The van der Waals surface area contributed by atoms with E-state index in [1.807, 2.05) is 0 Å². The number of hydrogen-bond acceptors (Lipinski definition) is 0. The summed E-state index contributed by atoms with van der Waals surface area (Å²) < 4.78 is 48.3. The summed E-state index contributed by atoms with van der Waals surface area (Å²) in [6, 6.07) is 0. The van der Waals surface area contributed by atoms with Gasteiger partial charge in [0.2, 0.25) is 0 Å². The van der Waals surface area contributed by atoms with Gasteiger partial charge in [0.25, 0.3) is 0 Å². The van der Waals surface area contributed by atoms with Crippen molar-refractivity contribution in [3.05, 3.63) is 36.2 Å². The van der Waals surface area contributed by atoms with Gasteiger partial charge in [-0.15, -0.1) is 0 Å². The summed E-state index contributed by atoms with van der Waals surface area (Å²) in [5, 5.41) is 0. The second-order valence-electron chi connectivity index (χ2n) is 1.95. The molecule has 0 unspecified atom stereocenters. The highest BCUT2D eigenvalue weighted by Gasteiger charge is 2.35. The van der Waals surface area contributed by atoms with E-state index < -0.39 is 17.6 Å². The molecule has 0 bridgehead atoms. The first kappa shape index (κ1) is 10.9. The third-order valence-corrected chi connectivity index (χ3v) is 1.10. The second kappa shape index (κ2) is 4.09. The standard InChI is InChI=1S/C8H8F4/c1-3-5-6(7(9)4-2)8(10,11)12/h3-5H,1H2,2H3. The molecule has 0 spiro atoms. The van der Waals surface area contributed by atoms with Crippen LogP contribution in [0.3, 0.4) is 0 Å². The summed E-state index contributed by atoms with van der Waals surface area (Å²) in [5.41, 5.74) is -1.31. The van der Waals surface area contributed by atoms with Crippen LogP contribution in [0, 0.1) is 0 Å². The molecule has 0 atom stereocenters. The molecule has 0 radical (unpaired) electrons. The molecule has 0 saturated carbocycles. The highest BCUT2D eigenvalue weighted by molar-refractivity contribution is 5.32. The fraction of sp³-hybridized carbons (Fsp3) is 0.250. The maximum Gasteiger partial charge on any atom is 0.419 e. The van der Waals surface area contributed by atoms with Crippen LogP contribution in [0.25, 0.3) is 0 Å². The summed E-state index contributed by atoms with van der Waals surface area (Å²) >= 11 is 0. The third kappa shape index (κ3) is 2.90. The van der Waals surface area contributed by atoms with Crippen LogP contribution in [0.2, 0.25) is 0 Å². The highest BCUT2D eigenvalue weighted by atomic mass is 19.4. The van der Waals surface area contributed by atoms with Crippen LogP contribution in [0.5, 0.6) is 0 Å². The fourth-order valence-corrected chi connectivity index (χ4v) is 0.583. The first-order chi connectivity index (χ1) is 5.43. The number of hydrogen-bond donors (Lipinski definition) is 0. The second-order valence-corrected chi connectivity index (χ2v) is 1.95. The molecule has 0 rings (SSSR count). The third-order valence-electron chi connectivity index (χ3n) is 1.10. The van der Waals surface area contributed by atoms with E-state index >= 15 is 0 Å². The molecule has 0 amide bonds. The predicted octanol–water partition coefficient (Wildman–Crippen LogP) is 3.53. The van der Waals surface area contributed by atoms with E-state index in [-0.39, 0.29) is 0 Å². The van der Waals surface area contributed by atoms with Gasteiger partial charge in [0.05, 0.1) is 5.57 Å². The molecule has 0 saturated heterocycles. The van der Waals surface area contributed by atoms with E-state index in [4.69, 9.17) is 0 Å². The topological polar surface area (TPSA) is 0 Å². The lowest BCUT2D eigenvalue weighted by atomic mass is 10.2. The van der Waals surface area contributed by atoms with Gasteiger partial charge in [0.1, 0.15) is 5.83 Å². The molecular weight excluding hydrogens is 172 g/mol. The van der Waals surface area contributed by atoms with Crippen molar-refractivity contribution < 1.29 is 17.6 Å². The summed E-state index contributed by atoms with van der Waals surface area (Å²) in [6.07, 6.45) is -2.42.